The number of nitro groups is 1. The van der Waals surface area contributed by atoms with Crippen LogP contribution < -0.4 is 5.43 Å². The summed E-state index contributed by atoms with van der Waals surface area (Å²) in [5.74, 6) is -0.582. The minimum absolute atomic E-state index is 0.0649. The van der Waals surface area contributed by atoms with E-state index >= 15 is 0 Å². The number of halogens is 4. The standard InChI is InChI=1S/C16H9ClF3N5O2/c17-10-6-5-9(7-13(10)25(26)27)8-21-24-15-14(16(18,19)20)22-11-3-1-2-4-12(11)23-15/h1-8H,(H,23,24)/b21-8+. The van der Waals surface area contributed by atoms with Crippen LogP contribution in [0.15, 0.2) is 47.6 Å². The van der Waals surface area contributed by atoms with Crippen LogP contribution in [0.1, 0.15) is 11.3 Å². The summed E-state index contributed by atoms with van der Waals surface area (Å²) in [6.45, 7) is 0. The number of anilines is 1. The number of alkyl halides is 3. The number of rotatable bonds is 4. The molecular weight excluding hydrogens is 387 g/mol. The van der Waals surface area contributed by atoms with Crippen LogP contribution in [0, 0.1) is 10.1 Å². The van der Waals surface area contributed by atoms with Crippen LogP contribution in [0.25, 0.3) is 11.0 Å². The molecule has 0 saturated carbocycles. The Morgan fingerprint density at radius 3 is 2.44 bits per heavy atom. The predicted octanol–water partition coefficient (Wildman–Crippen LogP) is 4.66. The lowest BCUT2D eigenvalue weighted by atomic mass is 10.2. The minimum Gasteiger partial charge on any atom is -0.260 e. The van der Waals surface area contributed by atoms with Gasteiger partial charge in [0, 0.05) is 11.6 Å². The van der Waals surface area contributed by atoms with Crippen molar-refractivity contribution in [1.29, 1.82) is 0 Å². The Hall–Kier alpha value is -3.27. The van der Waals surface area contributed by atoms with E-state index in [2.05, 4.69) is 20.5 Å². The number of aromatic nitrogens is 2. The third-order valence-electron chi connectivity index (χ3n) is 3.39. The monoisotopic (exact) mass is 395 g/mol. The summed E-state index contributed by atoms with van der Waals surface area (Å²) in [5.41, 5.74) is 1.24. The smallest absolute Gasteiger partial charge is 0.260 e. The SMILES string of the molecule is O=[N+]([O-])c1cc(/C=N/Nc2nc3ccccc3nc2C(F)(F)F)ccc1Cl. The number of hydrogen-bond acceptors (Lipinski definition) is 6. The molecule has 0 aliphatic heterocycles. The molecule has 1 N–H and O–H groups in total. The first-order valence-electron chi connectivity index (χ1n) is 7.32. The van der Waals surface area contributed by atoms with E-state index in [1.54, 1.807) is 12.1 Å². The van der Waals surface area contributed by atoms with Gasteiger partial charge in [-0.3, -0.25) is 15.5 Å². The van der Waals surface area contributed by atoms with Gasteiger partial charge in [-0.15, -0.1) is 0 Å². The quantitative estimate of drug-likeness (QED) is 0.394. The van der Waals surface area contributed by atoms with E-state index in [1.807, 2.05) is 0 Å². The summed E-state index contributed by atoms with van der Waals surface area (Å²) in [6, 6.07) is 9.96. The second kappa shape index (κ2) is 7.16. The Kier molecular flexibility index (Phi) is 4.91. The van der Waals surface area contributed by atoms with Crippen molar-refractivity contribution in [1.82, 2.24) is 9.97 Å². The molecule has 11 heteroatoms. The average molecular weight is 396 g/mol. The molecule has 7 nitrogen and oxygen atoms in total. The van der Waals surface area contributed by atoms with Gasteiger partial charge in [0.1, 0.15) is 5.02 Å². The molecule has 0 bridgehead atoms. The molecule has 0 aliphatic carbocycles. The van der Waals surface area contributed by atoms with Gasteiger partial charge in [-0.1, -0.05) is 29.8 Å². The first-order chi connectivity index (χ1) is 12.8. The molecule has 0 radical (unpaired) electrons. The first-order valence-corrected chi connectivity index (χ1v) is 7.70. The zero-order valence-corrected chi connectivity index (χ0v) is 14.0. The van der Waals surface area contributed by atoms with E-state index < -0.39 is 22.6 Å². The van der Waals surface area contributed by atoms with Gasteiger partial charge in [0.05, 0.1) is 22.2 Å². The molecule has 1 heterocycles. The maximum atomic E-state index is 13.2. The van der Waals surface area contributed by atoms with Gasteiger partial charge < -0.3 is 0 Å². The molecule has 3 aromatic rings. The van der Waals surface area contributed by atoms with Crippen LogP contribution in [0.4, 0.5) is 24.7 Å². The van der Waals surface area contributed by atoms with Crippen molar-refractivity contribution >= 4 is 40.4 Å². The number of nitrogens with zero attached hydrogens (tertiary/aromatic N) is 4. The molecule has 3 rings (SSSR count). The highest BCUT2D eigenvalue weighted by Gasteiger charge is 2.37. The predicted molar refractivity (Wildman–Crippen MR) is 93.9 cm³/mol. The van der Waals surface area contributed by atoms with E-state index in [1.165, 1.54) is 24.3 Å². The number of hydrazone groups is 1. The van der Waals surface area contributed by atoms with Gasteiger partial charge in [-0.2, -0.15) is 18.3 Å². The third-order valence-corrected chi connectivity index (χ3v) is 3.71. The third kappa shape index (κ3) is 4.11. The Morgan fingerprint density at radius 2 is 1.81 bits per heavy atom. The van der Waals surface area contributed by atoms with E-state index in [-0.39, 0.29) is 27.3 Å². The van der Waals surface area contributed by atoms with Crippen LogP contribution >= 0.6 is 11.6 Å². The van der Waals surface area contributed by atoms with Crippen molar-refractivity contribution in [2.24, 2.45) is 5.10 Å². The molecule has 0 saturated heterocycles. The second-order valence-corrected chi connectivity index (χ2v) is 5.65. The highest BCUT2D eigenvalue weighted by molar-refractivity contribution is 6.32. The van der Waals surface area contributed by atoms with Crippen LogP contribution in [-0.4, -0.2) is 21.1 Å². The summed E-state index contributed by atoms with van der Waals surface area (Å²) in [5, 5.41) is 14.5. The summed E-state index contributed by atoms with van der Waals surface area (Å²) < 4.78 is 39.7. The Bertz CT molecular complexity index is 1060. The van der Waals surface area contributed by atoms with E-state index in [4.69, 9.17) is 11.6 Å². The Labute approximate surface area is 154 Å². The maximum Gasteiger partial charge on any atom is 0.437 e. The summed E-state index contributed by atoms with van der Waals surface area (Å²) >= 11 is 5.70. The number of para-hydroxylation sites is 2. The molecule has 0 amide bonds. The van der Waals surface area contributed by atoms with Crippen molar-refractivity contribution < 1.29 is 18.1 Å². The summed E-state index contributed by atoms with van der Waals surface area (Å²) in [6.07, 6.45) is -3.63. The molecule has 0 aliphatic rings. The lowest BCUT2D eigenvalue weighted by molar-refractivity contribution is -0.384. The highest BCUT2D eigenvalue weighted by atomic mass is 35.5. The fraction of sp³-hybridized carbons (Fsp3) is 0.0625. The van der Waals surface area contributed by atoms with E-state index in [0.717, 1.165) is 12.3 Å². The Balaban J connectivity index is 1.93. The number of fused-ring (bicyclic) bond motifs is 1. The number of nitro benzene ring substituents is 1. The molecule has 0 unspecified atom stereocenters. The maximum absolute atomic E-state index is 13.2. The molecule has 2 aromatic carbocycles. The number of hydrogen-bond donors (Lipinski definition) is 1. The Morgan fingerprint density at radius 1 is 1.15 bits per heavy atom. The first kappa shape index (κ1) is 18.5. The zero-order chi connectivity index (χ0) is 19.6. The van der Waals surface area contributed by atoms with Crippen LogP contribution in [0.3, 0.4) is 0 Å². The highest BCUT2D eigenvalue weighted by Crippen LogP contribution is 2.33. The number of benzene rings is 2. The molecular formula is C16H9ClF3N5O2. The topological polar surface area (TPSA) is 93.3 Å². The lowest BCUT2D eigenvalue weighted by Crippen LogP contribution is -2.13. The summed E-state index contributed by atoms with van der Waals surface area (Å²) in [7, 11) is 0. The number of nitrogens with one attached hydrogen (secondary N) is 1. The lowest BCUT2D eigenvalue weighted by Gasteiger charge is -2.11. The van der Waals surface area contributed by atoms with Crippen LogP contribution in [-0.2, 0) is 6.18 Å². The zero-order valence-electron chi connectivity index (χ0n) is 13.2. The second-order valence-electron chi connectivity index (χ2n) is 5.25. The fourth-order valence-corrected chi connectivity index (χ4v) is 2.38. The molecule has 138 valence electrons. The van der Waals surface area contributed by atoms with Gasteiger partial charge in [0.2, 0.25) is 0 Å². The summed E-state index contributed by atoms with van der Waals surface area (Å²) in [4.78, 5) is 17.7. The molecule has 0 fully saturated rings. The van der Waals surface area contributed by atoms with E-state index in [0.29, 0.717) is 0 Å². The van der Waals surface area contributed by atoms with Crippen molar-refractivity contribution in [3.05, 3.63) is 68.9 Å². The van der Waals surface area contributed by atoms with Crippen molar-refractivity contribution in [3.8, 4) is 0 Å². The van der Waals surface area contributed by atoms with Crippen LogP contribution in [0.2, 0.25) is 5.02 Å². The molecule has 1 aromatic heterocycles. The minimum atomic E-state index is -4.74. The van der Waals surface area contributed by atoms with Crippen LogP contribution in [0.5, 0.6) is 0 Å². The molecule has 0 atom stereocenters. The fourth-order valence-electron chi connectivity index (χ4n) is 2.19. The van der Waals surface area contributed by atoms with Gasteiger partial charge in [-0.05, 0) is 18.2 Å². The largest absolute Gasteiger partial charge is 0.437 e. The van der Waals surface area contributed by atoms with Gasteiger partial charge in [0.25, 0.3) is 5.69 Å². The molecule has 0 spiro atoms. The van der Waals surface area contributed by atoms with Gasteiger partial charge in [0.15, 0.2) is 11.5 Å². The van der Waals surface area contributed by atoms with Crippen molar-refractivity contribution in [2.75, 3.05) is 5.43 Å². The van der Waals surface area contributed by atoms with E-state index in [9.17, 15) is 23.3 Å². The average Bonchev–Trinajstić information content (AvgIpc) is 2.61. The molecule has 27 heavy (non-hydrogen) atoms. The van der Waals surface area contributed by atoms with Gasteiger partial charge in [-0.25, -0.2) is 9.97 Å². The van der Waals surface area contributed by atoms with Crippen molar-refractivity contribution in [2.45, 2.75) is 6.18 Å². The van der Waals surface area contributed by atoms with Gasteiger partial charge >= 0.3 is 6.18 Å². The van der Waals surface area contributed by atoms with Crippen molar-refractivity contribution in [3.63, 3.8) is 0 Å². The normalized spacial score (nSPS) is 11.9.